The van der Waals surface area contributed by atoms with Crippen molar-refractivity contribution < 1.29 is 13.9 Å². The van der Waals surface area contributed by atoms with Gasteiger partial charge in [0.15, 0.2) is 11.6 Å². The Morgan fingerprint density at radius 1 is 1.39 bits per heavy atom. The third-order valence-electron chi connectivity index (χ3n) is 3.83. The predicted octanol–water partition coefficient (Wildman–Crippen LogP) is 0.896. The number of rotatable bonds is 4. The summed E-state index contributed by atoms with van der Waals surface area (Å²) in [6.07, 6.45) is 5.40. The number of carbonyl (C=O) groups excluding carboxylic acids is 1. The fourth-order valence-corrected chi connectivity index (χ4v) is 2.59. The summed E-state index contributed by atoms with van der Waals surface area (Å²) in [5, 5.41) is 11.0. The molecule has 8 heteroatoms. The number of fused-ring (bicyclic) bond motifs is 1. The molecule has 0 unspecified atom stereocenters. The third kappa shape index (κ3) is 3.25. The molecule has 3 heterocycles. The third-order valence-corrected chi connectivity index (χ3v) is 3.83. The monoisotopic (exact) mass is 318 g/mol. The van der Waals surface area contributed by atoms with Gasteiger partial charge in [-0.2, -0.15) is 0 Å². The van der Waals surface area contributed by atoms with Gasteiger partial charge in [-0.3, -0.25) is 9.59 Å². The van der Waals surface area contributed by atoms with Crippen LogP contribution in [0.25, 0.3) is 0 Å². The van der Waals surface area contributed by atoms with Gasteiger partial charge in [0.2, 0.25) is 11.2 Å². The van der Waals surface area contributed by atoms with Gasteiger partial charge in [-0.15, -0.1) is 10.2 Å². The van der Waals surface area contributed by atoms with E-state index in [1.807, 2.05) is 0 Å². The molecule has 1 aliphatic rings. The van der Waals surface area contributed by atoms with Crippen molar-refractivity contribution in [2.75, 3.05) is 7.11 Å². The Morgan fingerprint density at radius 3 is 3.04 bits per heavy atom. The van der Waals surface area contributed by atoms with Gasteiger partial charge in [0.1, 0.15) is 12.1 Å². The Bertz CT molecular complexity index is 765. The molecule has 0 saturated heterocycles. The van der Waals surface area contributed by atoms with Crippen LogP contribution in [0.1, 0.15) is 41.5 Å². The Balaban J connectivity index is 1.69. The van der Waals surface area contributed by atoms with Crippen molar-refractivity contribution in [2.45, 2.75) is 38.8 Å². The zero-order valence-electron chi connectivity index (χ0n) is 12.9. The lowest BCUT2D eigenvalue weighted by Gasteiger charge is -2.08. The van der Waals surface area contributed by atoms with E-state index in [1.54, 1.807) is 0 Å². The molecule has 0 spiro atoms. The van der Waals surface area contributed by atoms with E-state index in [0.29, 0.717) is 5.82 Å². The van der Waals surface area contributed by atoms with Crippen LogP contribution in [0, 0.1) is 0 Å². The molecule has 0 saturated carbocycles. The molecule has 8 nitrogen and oxygen atoms in total. The molecule has 1 aliphatic heterocycles. The Morgan fingerprint density at radius 2 is 2.26 bits per heavy atom. The minimum Gasteiger partial charge on any atom is -0.490 e. The first-order valence-corrected chi connectivity index (χ1v) is 7.55. The Labute approximate surface area is 132 Å². The predicted molar refractivity (Wildman–Crippen MR) is 80.3 cm³/mol. The summed E-state index contributed by atoms with van der Waals surface area (Å²) >= 11 is 0. The second kappa shape index (κ2) is 6.64. The van der Waals surface area contributed by atoms with E-state index in [2.05, 4.69) is 20.1 Å². The van der Waals surface area contributed by atoms with E-state index in [1.165, 1.54) is 13.5 Å². The summed E-state index contributed by atoms with van der Waals surface area (Å²) in [6, 6.07) is 1.11. The number of nitrogens with one attached hydrogen (secondary N) is 1. The average molecular weight is 318 g/mol. The number of aromatic nitrogens is 3. The molecule has 2 aromatic heterocycles. The molecule has 0 atom stereocenters. The zero-order valence-corrected chi connectivity index (χ0v) is 12.9. The quantitative estimate of drug-likeness (QED) is 0.899. The lowest BCUT2D eigenvalue weighted by molar-refractivity contribution is 0.0918. The summed E-state index contributed by atoms with van der Waals surface area (Å²) in [4.78, 5) is 23.7. The van der Waals surface area contributed by atoms with Crippen molar-refractivity contribution in [1.29, 1.82) is 0 Å². The largest absolute Gasteiger partial charge is 0.490 e. The van der Waals surface area contributed by atoms with Crippen LogP contribution in [0.3, 0.4) is 0 Å². The van der Waals surface area contributed by atoms with E-state index in [-0.39, 0.29) is 18.1 Å². The van der Waals surface area contributed by atoms with E-state index in [4.69, 9.17) is 9.15 Å². The van der Waals surface area contributed by atoms with Crippen molar-refractivity contribution in [3.63, 3.8) is 0 Å². The molecule has 1 amide bonds. The lowest BCUT2D eigenvalue weighted by atomic mass is 10.2. The maximum absolute atomic E-state index is 12.1. The number of nitrogens with zero attached hydrogens (tertiary/aromatic N) is 3. The number of methoxy groups -OCH3 is 1. The number of hydrogen-bond acceptors (Lipinski definition) is 6. The van der Waals surface area contributed by atoms with Gasteiger partial charge in [0.25, 0.3) is 5.91 Å². The average Bonchev–Trinajstić information content (AvgIpc) is 2.79. The highest BCUT2D eigenvalue weighted by molar-refractivity contribution is 5.91. The van der Waals surface area contributed by atoms with Crippen LogP contribution in [-0.4, -0.2) is 27.8 Å². The van der Waals surface area contributed by atoms with Gasteiger partial charge in [-0.1, -0.05) is 6.42 Å². The smallest absolute Gasteiger partial charge is 0.287 e. The topological polar surface area (TPSA) is 99.2 Å². The standard InChI is InChI=1S/C15H18N4O4/c1-22-12-9-23-11(7-10(12)20)15(21)16-8-14-18-17-13-5-3-2-4-6-19(13)14/h7,9H,2-6,8H2,1H3,(H,16,21). The first kappa shape index (κ1) is 15.3. The molecule has 0 aromatic carbocycles. The lowest BCUT2D eigenvalue weighted by Crippen LogP contribution is -2.26. The van der Waals surface area contributed by atoms with E-state index < -0.39 is 11.3 Å². The summed E-state index contributed by atoms with van der Waals surface area (Å²) in [7, 11) is 1.36. The second-order valence-corrected chi connectivity index (χ2v) is 5.35. The Hall–Kier alpha value is -2.64. The highest BCUT2D eigenvalue weighted by Gasteiger charge is 2.16. The molecule has 0 fully saturated rings. The number of hydrogen-bond donors (Lipinski definition) is 1. The summed E-state index contributed by atoms with van der Waals surface area (Å²) in [5.74, 6) is 1.19. The van der Waals surface area contributed by atoms with E-state index in [0.717, 1.165) is 44.0 Å². The van der Waals surface area contributed by atoms with E-state index in [9.17, 15) is 9.59 Å². The van der Waals surface area contributed by atoms with Crippen LogP contribution in [0.2, 0.25) is 0 Å². The van der Waals surface area contributed by atoms with Crippen molar-refractivity contribution in [1.82, 2.24) is 20.1 Å². The summed E-state index contributed by atoms with van der Waals surface area (Å²) < 4.78 is 12.0. The summed E-state index contributed by atoms with van der Waals surface area (Å²) in [6.45, 7) is 1.10. The highest BCUT2D eigenvalue weighted by Crippen LogP contribution is 2.14. The van der Waals surface area contributed by atoms with Crippen LogP contribution in [0.5, 0.6) is 5.75 Å². The van der Waals surface area contributed by atoms with Crippen LogP contribution < -0.4 is 15.5 Å². The molecule has 122 valence electrons. The number of amides is 1. The normalized spacial score (nSPS) is 14.0. The van der Waals surface area contributed by atoms with Crippen molar-refractivity contribution in [3.8, 4) is 5.75 Å². The maximum atomic E-state index is 12.1. The molecule has 0 aliphatic carbocycles. The summed E-state index contributed by atoms with van der Waals surface area (Å²) in [5.41, 5.74) is -0.403. The second-order valence-electron chi connectivity index (χ2n) is 5.35. The first-order valence-electron chi connectivity index (χ1n) is 7.55. The molecule has 0 radical (unpaired) electrons. The van der Waals surface area contributed by atoms with Gasteiger partial charge in [0.05, 0.1) is 13.7 Å². The van der Waals surface area contributed by atoms with E-state index >= 15 is 0 Å². The maximum Gasteiger partial charge on any atom is 0.287 e. The SMILES string of the molecule is COc1coc(C(=O)NCc2nnc3n2CCCCC3)cc1=O. The molecule has 2 aromatic rings. The van der Waals surface area contributed by atoms with Crippen LogP contribution in [0.15, 0.2) is 21.5 Å². The van der Waals surface area contributed by atoms with Crippen LogP contribution in [-0.2, 0) is 19.5 Å². The molecule has 1 N–H and O–H groups in total. The Kier molecular flexibility index (Phi) is 4.40. The fourth-order valence-electron chi connectivity index (χ4n) is 2.59. The number of aryl methyl sites for hydroxylation is 1. The molecule has 23 heavy (non-hydrogen) atoms. The molecular formula is C15H18N4O4. The molecule has 0 bridgehead atoms. The minimum absolute atomic E-state index is 0.0596. The van der Waals surface area contributed by atoms with Gasteiger partial charge < -0.3 is 19.0 Å². The molecule has 3 rings (SSSR count). The van der Waals surface area contributed by atoms with Gasteiger partial charge in [0, 0.05) is 19.0 Å². The number of ether oxygens (including phenoxy) is 1. The van der Waals surface area contributed by atoms with Gasteiger partial charge >= 0.3 is 0 Å². The molecular weight excluding hydrogens is 300 g/mol. The zero-order chi connectivity index (χ0) is 16.2. The van der Waals surface area contributed by atoms with Crippen molar-refractivity contribution >= 4 is 5.91 Å². The van der Waals surface area contributed by atoms with Crippen LogP contribution >= 0.6 is 0 Å². The van der Waals surface area contributed by atoms with Crippen molar-refractivity contribution in [2.24, 2.45) is 0 Å². The highest BCUT2D eigenvalue weighted by atomic mass is 16.5. The van der Waals surface area contributed by atoms with Gasteiger partial charge in [-0.25, -0.2) is 0 Å². The van der Waals surface area contributed by atoms with Crippen LogP contribution in [0.4, 0.5) is 0 Å². The fraction of sp³-hybridized carbons (Fsp3) is 0.467. The minimum atomic E-state index is -0.476. The number of carbonyl (C=O) groups is 1. The van der Waals surface area contributed by atoms with Gasteiger partial charge in [-0.05, 0) is 12.8 Å². The van der Waals surface area contributed by atoms with Crippen molar-refractivity contribution in [3.05, 3.63) is 40.0 Å². The first-order chi connectivity index (χ1) is 11.2.